The van der Waals surface area contributed by atoms with Crippen molar-refractivity contribution >= 4 is 11.9 Å². The summed E-state index contributed by atoms with van der Waals surface area (Å²) in [4.78, 5) is 20.4. The van der Waals surface area contributed by atoms with Crippen LogP contribution in [0.3, 0.4) is 0 Å². The Kier molecular flexibility index (Phi) is 5.93. The second kappa shape index (κ2) is 6.69. The molecule has 0 aliphatic heterocycles. The quantitative estimate of drug-likeness (QED) is 0.544. The number of hydrogen-bond acceptors (Lipinski definition) is 3. The van der Waals surface area contributed by atoms with Gasteiger partial charge in [0.1, 0.15) is 5.56 Å². The predicted octanol–water partition coefficient (Wildman–Crippen LogP) is -0.886. The van der Waals surface area contributed by atoms with E-state index in [1.165, 1.54) is 0 Å². The van der Waals surface area contributed by atoms with E-state index in [1.807, 2.05) is 19.4 Å². The molecule has 0 saturated heterocycles. The van der Waals surface area contributed by atoms with E-state index >= 15 is 0 Å². The number of carbonyl (C=O) groups is 2. The van der Waals surface area contributed by atoms with Gasteiger partial charge >= 0.3 is 5.97 Å². The molecule has 0 atom stereocenters. The molecule has 0 saturated carbocycles. The minimum atomic E-state index is -2.50. The number of carboxylic acid groups (broad SMARTS) is 2. The highest BCUT2D eigenvalue weighted by atomic mass is 19.2. The number of carbonyl (C=O) groups excluding carboxylic acids is 1. The molecule has 1 aromatic rings. The molecule has 0 aliphatic rings. The second-order valence-corrected chi connectivity index (χ2v) is 3.18. The second-order valence-electron chi connectivity index (χ2n) is 3.18. The fraction of sp³-hybridized carbons (Fsp3) is 0.200. The lowest BCUT2D eigenvalue weighted by atomic mass is 10.1. The fourth-order valence-electron chi connectivity index (χ4n) is 0.999. The van der Waals surface area contributed by atoms with Gasteiger partial charge in [-0.15, -0.1) is 0 Å². The van der Waals surface area contributed by atoms with E-state index < -0.39 is 46.3 Å². The van der Waals surface area contributed by atoms with Gasteiger partial charge in [-0.3, -0.25) is 0 Å². The molecular formula is C10H9F4NO4. The summed E-state index contributed by atoms with van der Waals surface area (Å²) < 4.78 is 51.4. The minimum Gasteiger partial charge on any atom is -0.545 e. The number of quaternary nitrogens is 1. The Bertz CT molecular complexity index is 445. The molecule has 0 heterocycles. The molecule has 1 aromatic carbocycles. The van der Waals surface area contributed by atoms with Crippen molar-refractivity contribution in [2.24, 2.45) is 0 Å². The van der Waals surface area contributed by atoms with Gasteiger partial charge in [0, 0.05) is 0 Å². The highest BCUT2D eigenvalue weighted by Crippen LogP contribution is 2.23. The Morgan fingerprint density at radius 1 is 0.947 bits per heavy atom. The summed E-state index contributed by atoms with van der Waals surface area (Å²) in [5, 5.41) is 20.4. The number of hydrogen-bond donors (Lipinski definition) is 2. The van der Waals surface area contributed by atoms with E-state index in [4.69, 9.17) is 5.11 Å². The fourth-order valence-corrected chi connectivity index (χ4v) is 0.999. The predicted molar refractivity (Wildman–Crippen MR) is 51.3 cm³/mol. The van der Waals surface area contributed by atoms with Crippen LogP contribution >= 0.6 is 0 Å². The van der Waals surface area contributed by atoms with Gasteiger partial charge in [-0.1, -0.05) is 0 Å². The molecule has 0 aliphatic carbocycles. The van der Waals surface area contributed by atoms with E-state index in [2.05, 4.69) is 0 Å². The van der Waals surface area contributed by atoms with Crippen molar-refractivity contribution in [2.75, 3.05) is 14.1 Å². The average Bonchev–Trinajstić information content (AvgIpc) is 2.27. The van der Waals surface area contributed by atoms with Crippen molar-refractivity contribution in [1.82, 2.24) is 0 Å². The van der Waals surface area contributed by atoms with Crippen LogP contribution in [-0.4, -0.2) is 31.1 Å². The highest BCUT2D eigenvalue weighted by molar-refractivity contribution is 5.92. The standard InChI is InChI=1S/C8H2F4O4.C2H7N/c9-3-1(7(13)14)4(10)6(12)2(5(3)11)8(15)16;1-3-2/h(H,13,14)(H,15,16);3H,1-2H3. The zero-order valence-corrected chi connectivity index (χ0v) is 9.76. The van der Waals surface area contributed by atoms with Crippen LogP contribution in [0.5, 0.6) is 0 Å². The van der Waals surface area contributed by atoms with Gasteiger partial charge in [-0.25, -0.2) is 22.4 Å². The topological polar surface area (TPSA) is 94.0 Å². The lowest BCUT2D eigenvalue weighted by Gasteiger charge is -2.09. The lowest BCUT2D eigenvalue weighted by molar-refractivity contribution is -0.597. The molecule has 106 valence electrons. The first-order chi connectivity index (χ1) is 8.70. The molecule has 1 rings (SSSR count). The molecule has 0 fully saturated rings. The number of benzene rings is 1. The van der Waals surface area contributed by atoms with E-state index in [1.54, 1.807) is 0 Å². The first-order valence-corrected chi connectivity index (χ1v) is 4.75. The Morgan fingerprint density at radius 2 is 1.21 bits per heavy atom. The first-order valence-electron chi connectivity index (χ1n) is 4.75. The third-order valence-corrected chi connectivity index (χ3v) is 1.68. The van der Waals surface area contributed by atoms with Gasteiger partial charge in [0.15, 0.2) is 23.3 Å². The number of carboxylic acids is 2. The molecule has 0 spiro atoms. The van der Waals surface area contributed by atoms with Crippen LogP contribution in [0.1, 0.15) is 20.7 Å². The first kappa shape index (κ1) is 16.8. The van der Waals surface area contributed by atoms with Crippen LogP contribution in [-0.2, 0) is 0 Å². The summed E-state index contributed by atoms with van der Waals surface area (Å²) in [6.45, 7) is 0. The normalized spacial score (nSPS) is 9.58. The summed E-state index contributed by atoms with van der Waals surface area (Å²) in [7, 11) is 4.00. The summed E-state index contributed by atoms with van der Waals surface area (Å²) in [5.41, 5.74) is -3.89. The van der Waals surface area contributed by atoms with E-state index in [-0.39, 0.29) is 0 Å². The maximum absolute atomic E-state index is 12.9. The number of halogens is 4. The van der Waals surface area contributed by atoms with Crippen molar-refractivity contribution in [3.8, 4) is 0 Å². The van der Waals surface area contributed by atoms with Crippen LogP contribution in [0.25, 0.3) is 0 Å². The maximum atomic E-state index is 12.9. The van der Waals surface area contributed by atoms with Crippen LogP contribution in [0.2, 0.25) is 0 Å². The van der Waals surface area contributed by atoms with Gasteiger partial charge in [-0.05, 0) is 0 Å². The monoisotopic (exact) mass is 283 g/mol. The third-order valence-electron chi connectivity index (χ3n) is 1.68. The van der Waals surface area contributed by atoms with Gasteiger partial charge in [0.05, 0.1) is 25.6 Å². The van der Waals surface area contributed by atoms with Crippen LogP contribution in [0.4, 0.5) is 17.6 Å². The van der Waals surface area contributed by atoms with Gasteiger partial charge in [-0.2, -0.15) is 0 Å². The summed E-state index contributed by atoms with van der Waals surface area (Å²) >= 11 is 0. The lowest BCUT2D eigenvalue weighted by Crippen LogP contribution is -2.74. The third kappa shape index (κ3) is 3.41. The molecule has 19 heavy (non-hydrogen) atoms. The van der Waals surface area contributed by atoms with Crippen LogP contribution in [0.15, 0.2) is 0 Å². The minimum absolute atomic E-state index is 1.90. The molecule has 3 N–H and O–H groups in total. The number of nitrogens with two attached hydrogens (primary N) is 1. The van der Waals surface area contributed by atoms with E-state index in [9.17, 15) is 32.3 Å². The van der Waals surface area contributed by atoms with Gasteiger partial charge in [0.2, 0.25) is 0 Å². The average molecular weight is 283 g/mol. The van der Waals surface area contributed by atoms with Gasteiger partial charge < -0.3 is 20.3 Å². The SMILES string of the molecule is C[NH2+]C.O=C([O-])c1c(F)c(F)c(C(=O)O)c(F)c1F. The van der Waals surface area contributed by atoms with Crippen molar-refractivity contribution in [3.05, 3.63) is 34.4 Å². The molecular weight excluding hydrogens is 274 g/mol. The molecule has 0 bridgehead atoms. The number of rotatable bonds is 2. The van der Waals surface area contributed by atoms with Crippen molar-refractivity contribution < 1.29 is 42.7 Å². The van der Waals surface area contributed by atoms with Crippen LogP contribution in [0, 0.1) is 23.3 Å². The molecule has 0 amide bonds. The van der Waals surface area contributed by atoms with E-state index in [0.29, 0.717) is 0 Å². The van der Waals surface area contributed by atoms with Crippen LogP contribution < -0.4 is 10.4 Å². The Hall–Kier alpha value is -2.16. The summed E-state index contributed by atoms with van der Waals surface area (Å²) in [6.07, 6.45) is 0. The molecule has 5 nitrogen and oxygen atoms in total. The zero-order valence-electron chi connectivity index (χ0n) is 9.76. The molecule has 9 heteroatoms. The van der Waals surface area contributed by atoms with Crippen molar-refractivity contribution in [2.45, 2.75) is 0 Å². The molecule has 0 radical (unpaired) electrons. The number of aromatic carboxylic acids is 2. The Morgan fingerprint density at radius 3 is 1.42 bits per heavy atom. The highest BCUT2D eigenvalue weighted by Gasteiger charge is 2.29. The Balaban J connectivity index is 0.000000982. The molecule has 0 aromatic heterocycles. The Labute approximate surface area is 104 Å². The summed E-state index contributed by atoms with van der Waals surface area (Å²) in [5.74, 6) is -14.0. The van der Waals surface area contributed by atoms with Crippen molar-refractivity contribution in [1.29, 1.82) is 0 Å². The summed E-state index contributed by atoms with van der Waals surface area (Å²) in [6, 6.07) is 0. The van der Waals surface area contributed by atoms with Gasteiger partial charge in [0.25, 0.3) is 0 Å². The van der Waals surface area contributed by atoms with Crippen molar-refractivity contribution in [3.63, 3.8) is 0 Å². The smallest absolute Gasteiger partial charge is 0.341 e. The zero-order chi connectivity index (χ0) is 15.3. The maximum Gasteiger partial charge on any atom is 0.341 e. The molecule has 0 unspecified atom stereocenters. The van der Waals surface area contributed by atoms with E-state index in [0.717, 1.165) is 0 Å². The largest absolute Gasteiger partial charge is 0.545 e.